The average Bonchev–Trinajstić information content (AvgIpc) is 2.36. The summed E-state index contributed by atoms with van der Waals surface area (Å²) in [6, 6.07) is 0. The van der Waals surface area contributed by atoms with Gasteiger partial charge in [0.25, 0.3) is 0 Å². The van der Waals surface area contributed by atoms with Gasteiger partial charge in [-0.3, -0.25) is 0 Å². The van der Waals surface area contributed by atoms with Crippen LogP contribution in [0.25, 0.3) is 0 Å². The number of rotatable bonds is 2. The van der Waals surface area contributed by atoms with Crippen LogP contribution in [0.1, 0.15) is 6.42 Å². The Morgan fingerprint density at radius 1 is 1.78 bits per heavy atom. The Labute approximate surface area is 53.9 Å². The summed E-state index contributed by atoms with van der Waals surface area (Å²) < 4.78 is 9.94. The lowest BCUT2D eigenvalue weighted by molar-refractivity contribution is -0.127. The summed E-state index contributed by atoms with van der Waals surface area (Å²) in [6.07, 6.45) is 1.51. The van der Waals surface area contributed by atoms with Crippen molar-refractivity contribution in [3.63, 3.8) is 0 Å². The first-order chi connectivity index (χ1) is 4.33. The van der Waals surface area contributed by atoms with Gasteiger partial charge in [0.15, 0.2) is 6.29 Å². The second-order valence-corrected chi connectivity index (χ2v) is 2.19. The van der Waals surface area contributed by atoms with Gasteiger partial charge in [0.1, 0.15) is 5.60 Å². The van der Waals surface area contributed by atoms with Crippen LogP contribution in [-0.2, 0) is 14.3 Å². The van der Waals surface area contributed by atoms with Crippen molar-refractivity contribution in [3.8, 4) is 0 Å². The first kappa shape index (κ1) is 6.71. The average molecular weight is 130 g/mol. The van der Waals surface area contributed by atoms with Gasteiger partial charge in [0, 0.05) is 13.5 Å². The Kier molecular flexibility index (Phi) is 1.83. The van der Waals surface area contributed by atoms with Crippen molar-refractivity contribution in [2.75, 3.05) is 20.3 Å². The van der Waals surface area contributed by atoms with Crippen LogP contribution >= 0.6 is 0 Å². The van der Waals surface area contributed by atoms with E-state index in [0.29, 0.717) is 19.6 Å². The number of carbonyl (C=O) groups is 1. The molecule has 1 fully saturated rings. The molecular weight excluding hydrogens is 120 g/mol. The number of carbonyl (C=O) groups excluding carboxylic acids is 1. The lowest BCUT2D eigenvalue weighted by Gasteiger charge is -2.16. The van der Waals surface area contributed by atoms with Crippen LogP contribution < -0.4 is 0 Å². The van der Waals surface area contributed by atoms with Crippen molar-refractivity contribution in [1.82, 2.24) is 0 Å². The molecule has 1 saturated heterocycles. The fourth-order valence-corrected chi connectivity index (χ4v) is 0.864. The van der Waals surface area contributed by atoms with Gasteiger partial charge in [-0.15, -0.1) is 0 Å². The second-order valence-electron chi connectivity index (χ2n) is 2.19. The molecule has 0 unspecified atom stereocenters. The van der Waals surface area contributed by atoms with Crippen molar-refractivity contribution < 1.29 is 14.3 Å². The minimum absolute atomic E-state index is 0.410. The molecule has 1 heterocycles. The zero-order valence-corrected chi connectivity index (χ0v) is 5.42. The van der Waals surface area contributed by atoms with E-state index in [-0.39, 0.29) is 0 Å². The smallest absolute Gasteiger partial charge is 0.154 e. The number of hydrogen-bond donors (Lipinski definition) is 0. The predicted octanol–water partition coefficient (Wildman–Crippen LogP) is -0.00920. The molecule has 0 spiro atoms. The van der Waals surface area contributed by atoms with Gasteiger partial charge in [-0.05, 0) is 0 Å². The third-order valence-corrected chi connectivity index (χ3v) is 1.64. The molecule has 0 aromatic rings. The zero-order chi connectivity index (χ0) is 6.74. The Bertz CT molecular complexity index is 105. The first-order valence-electron chi connectivity index (χ1n) is 2.92. The SMILES string of the molecule is CO[C@@]1(C=O)CCOC1. The van der Waals surface area contributed by atoms with E-state index in [9.17, 15) is 4.79 Å². The summed E-state index contributed by atoms with van der Waals surface area (Å²) in [5, 5.41) is 0. The molecular formula is C6H10O3. The van der Waals surface area contributed by atoms with E-state index in [4.69, 9.17) is 9.47 Å². The molecule has 1 aliphatic rings. The maximum absolute atomic E-state index is 10.4. The predicted molar refractivity (Wildman–Crippen MR) is 31.2 cm³/mol. The van der Waals surface area contributed by atoms with Crippen LogP contribution in [0.5, 0.6) is 0 Å². The summed E-state index contributed by atoms with van der Waals surface area (Å²) in [5.74, 6) is 0. The maximum atomic E-state index is 10.4. The Morgan fingerprint density at radius 2 is 2.56 bits per heavy atom. The molecule has 0 amide bonds. The molecule has 9 heavy (non-hydrogen) atoms. The number of methoxy groups -OCH3 is 1. The highest BCUT2D eigenvalue weighted by molar-refractivity contribution is 5.63. The number of hydrogen-bond acceptors (Lipinski definition) is 3. The molecule has 1 atom stereocenters. The van der Waals surface area contributed by atoms with Crippen molar-refractivity contribution in [2.45, 2.75) is 12.0 Å². The molecule has 0 bridgehead atoms. The molecule has 52 valence electrons. The molecule has 0 aromatic heterocycles. The molecule has 3 heteroatoms. The van der Waals surface area contributed by atoms with Gasteiger partial charge in [0.05, 0.1) is 13.2 Å². The first-order valence-corrected chi connectivity index (χ1v) is 2.92. The monoisotopic (exact) mass is 130 g/mol. The third-order valence-electron chi connectivity index (χ3n) is 1.64. The minimum Gasteiger partial charge on any atom is -0.378 e. The lowest BCUT2D eigenvalue weighted by atomic mass is 10.1. The van der Waals surface area contributed by atoms with Crippen LogP contribution in [0.4, 0.5) is 0 Å². The van der Waals surface area contributed by atoms with Crippen molar-refractivity contribution >= 4 is 6.29 Å². The largest absolute Gasteiger partial charge is 0.378 e. The summed E-state index contributed by atoms with van der Waals surface area (Å²) in [6.45, 7) is 1.04. The van der Waals surface area contributed by atoms with Gasteiger partial charge in [0.2, 0.25) is 0 Å². The van der Waals surface area contributed by atoms with E-state index < -0.39 is 5.60 Å². The molecule has 0 aromatic carbocycles. The van der Waals surface area contributed by atoms with E-state index in [1.54, 1.807) is 0 Å². The van der Waals surface area contributed by atoms with E-state index in [0.717, 1.165) is 6.29 Å². The van der Waals surface area contributed by atoms with E-state index in [2.05, 4.69) is 0 Å². The normalized spacial score (nSPS) is 34.8. The zero-order valence-electron chi connectivity index (χ0n) is 5.42. The molecule has 1 aliphatic heterocycles. The van der Waals surface area contributed by atoms with E-state index in [1.165, 1.54) is 7.11 Å². The highest BCUT2D eigenvalue weighted by atomic mass is 16.6. The van der Waals surface area contributed by atoms with E-state index in [1.807, 2.05) is 0 Å². The lowest BCUT2D eigenvalue weighted by Crippen LogP contribution is -2.33. The quantitative estimate of drug-likeness (QED) is 0.493. The number of aldehydes is 1. The second kappa shape index (κ2) is 2.45. The Balaban J connectivity index is 2.55. The standard InChI is InChI=1S/C6H10O3/c1-8-6(4-7)2-3-9-5-6/h4H,2-3,5H2,1H3/t6-/m1/s1. The Morgan fingerprint density at radius 3 is 2.78 bits per heavy atom. The van der Waals surface area contributed by atoms with Crippen LogP contribution in [0.2, 0.25) is 0 Å². The Hall–Kier alpha value is -0.410. The molecule has 0 saturated carbocycles. The van der Waals surface area contributed by atoms with Gasteiger partial charge in [-0.2, -0.15) is 0 Å². The van der Waals surface area contributed by atoms with Crippen molar-refractivity contribution in [2.24, 2.45) is 0 Å². The molecule has 3 nitrogen and oxygen atoms in total. The highest BCUT2D eigenvalue weighted by Gasteiger charge is 2.34. The summed E-state index contributed by atoms with van der Waals surface area (Å²) in [7, 11) is 1.53. The van der Waals surface area contributed by atoms with Gasteiger partial charge < -0.3 is 14.3 Å². The maximum Gasteiger partial charge on any atom is 0.154 e. The molecule has 0 aliphatic carbocycles. The van der Waals surface area contributed by atoms with Crippen molar-refractivity contribution in [3.05, 3.63) is 0 Å². The molecule has 0 N–H and O–H groups in total. The van der Waals surface area contributed by atoms with Crippen LogP contribution in [-0.4, -0.2) is 32.2 Å². The van der Waals surface area contributed by atoms with Gasteiger partial charge >= 0.3 is 0 Å². The molecule has 1 rings (SSSR count). The topological polar surface area (TPSA) is 35.5 Å². The third kappa shape index (κ3) is 1.11. The summed E-state index contributed by atoms with van der Waals surface area (Å²) in [4.78, 5) is 10.4. The highest BCUT2D eigenvalue weighted by Crippen LogP contribution is 2.18. The fraction of sp³-hybridized carbons (Fsp3) is 0.833. The molecule has 0 radical (unpaired) electrons. The number of ether oxygens (including phenoxy) is 2. The summed E-state index contributed by atoms with van der Waals surface area (Å²) in [5.41, 5.74) is -0.625. The van der Waals surface area contributed by atoms with E-state index >= 15 is 0 Å². The van der Waals surface area contributed by atoms with Crippen LogP contribution in [0.15, 0.2) is 0 Å². The van der Waals surface area contributed by atoms with Crippen LogP contribution in [0.3, 0.4) is 0 Å². The fourth-order valence-electron chi connectivity index (χ4n) is 0.864. The summed E-state index contributed by atoms with van der Waals surface area (Å²) >= 11 is 0. The minimum atomic E-state index is -0.625. The van der Waals surface area contributed by atoms with Gasteiger partial charge in [-0.1, -0.05) is 0 Å². The van der Waals surface area contributed by atoms with Crippen molar-refractivity contribution in [1.29, 1.82) is 0 Å². The van der Waals surface area contributed by atoms with Crippen LogP contribution in [0, 0.1) is 0 Å². The van der Waals surface area contributed by atoms with Gasteiger partial charge in [-0.25, -0.2) is 0 Å².